The van der Waals surface area contributed by atoms with E-state index in [0.717, 1.165) is 38.0 Å². The average molecular weight is 340 g/mol. The van der Waals surface area contributed by atoms with Crippen LogP contribution in [0, 0.1) is 11.7 Å². The third-order valence-electron chi connectivity index (χ3n) is 4.07. The van der Waals surface area contributed by atoms with Crippen LogP contribution in [0.4, 0.5) is 4.39 Å². The Kier molecular flexibility index (Phi) is 7.95. The van der Waals surface area contributed by atoms with Gasteiger partial charge in [0.2, 0.25) is 0 Å². The first-order valence-electron chi connectivity index (χ1n) is 8.74. The normalized spacial score (nSPS) is 17.2. The third-order valence-corrected chi connectivity index (χ3v) is 4.07. The Bertz CT molecular complexity index is 486. The summed E-state index contributed by atoms with van der Waals surface area (Å²) >= 11 is 0. The highest BCUT2D eigenvalue weighted by molar-refractivity contribution is 5.36. The Morgan fingerprint density at radius 2 is 1.96 bits per heavy atom. The number of methoxy groups -OCH3 is 1. The van der Waals surface area contributed by atoms with Crippen molar-refractivity contribution in [2.75, 3.05) is 33.5 Å². The van der Waals surface area contributed by atoms with Gasteiger partial charge in [-0.05, 0) is 43.4 Å². The number of rotatable bonds is 9. The zero-order chi connectivity index (χ0) is 17.4. The lowest BCUT2D eigenvalue weighted by atomic mass is 9.97. The number of hydrogen-bond acceptors (Lipinski definition) is 4. The minimum Gasteiger partial charge on any atom is -0.491 e. The summed E-state index contributed by atoms with van der Waals surface area (Å²) < 4.78 is 36.4. The molecule has 0 radical (unpaired) electrons. The van der Waals surface area contributed by atoms with E-state index < -0.39 is 0 Å². The van der Waals surface area contributed by atoms with Crippen molar-refractivity contribution in [1.29, 1.82) is 0 Å². The van der Waals surface area contributed by atoms with Crippen LogP contribution in [0.25, 0.3) is 0 Å². The molecule has 24 heavy (non-hydrogen) atoms. The first-order valence-corrected chi connectivity index (χ1v) is 8.74. The molecule has 1 atom stereocenters. The summed E-state index contributed by atoms with van der Waals surface area (Å²) in [5.41, 5.74) is 0.784. The highest BCUT2D eigenvalue weighted by Crippen LogP contribution is 2.35. The lowest BCUT2D eigenvalue weighted by Crippen LogP contribution is -2.26. The molecule has 1 heterocycles. The van der Waals surface area contributed by atoms with Gasteiger partial charge in [0.25, 0.3) is 0 Å². The van der Waals surface area contributed by atoms with Crippen LogP contribution >= 0.6 is 0 Å². The number of hydrogen-bond donors (Lipinski definition) is 0. The van der Waals surface area contributed by atoms with E-state index in [-0.39, 0.29) is 18.0 Å². The third kappa shape index (κ3) is 6.04. The van der Waals surface area contributed by atoms with E-state index in [1.54, 1.807) is 13.2 Å². The largest absolute Gasteiger partial charge is 0.491 e. The lowest BCUT2D eigenvalue weighted by Gasteiger charge is -2.30. The van der Waals surface area contributed by atoms with Gasteiger partial charge in [-0.3, -0.25) is 0 Å². The SMILES string of the molecule is COCCOc1ccc(F)cc1[C@H](CC(C)C)OC1CCOCC1. The minimum atomic E-state index is -0.270. The Morgan fingerprint density at radius 1 is 1.21 bits per heavy atom. The highest BCUT2D eigenvalue weighted by Gasteiger charge is 2.24. The van der Waals surface area contributed by atoms with Crippen molar-refractivity contribution in [2.24, 2.45) is 5.92 Å². The minimum absolute atomic E-state index is 0.151. The summed E-state index contributed by atoms with van der Waals surface area (Å²) in [7, 11) is 1.63. The molecule has 4 nitrogen and oxygen atoms in total. The first-order chi connectivity index (χ1) is 11.6. The van der Waals surface area contributed by atoms with E-state index in [1.165, 1.54) is 12.1 Å². The smallest absolute Gasteiger partial charge is 0.125 e. The Labute approximate surface area is 144 Å². The van der Waals surface area contributed by atoms with Crippen LogP contribution in [0.15, 0.2) is 18.2 Å². The fourth-order valence-electron chi connectivity index (χ4n) is 2.87. The summed E-state index contributed by atoms with van der Waals surface area (Å²) in [6.45, 7) is 6.66. The van der Waals surface area contributed by atoms with Crippen LogP contribution in [0.5, 0.6) is 5.75 Å². The highest BCUT2D eigenvalue weighted by atomic mass is 19.1. The second-order valence-electron chi connectivity index (χ2n) is 6.59. The molecule has 1 fully saturated rings. The van der Waals surface area contributed by atoms with Crippen molar-refractivity contribution in [3.8, 4) is 5.75 Å². The van der Waals surface area contributed by atoms with Gasteiger partial charge in [-0.15, -0.1) is 0 Å². The molecular weight excluding hydrogens is 311 g/mol. The van der Waals surface area contributed by atoms with Crippen molar-refractivity contribution >= 4 is 0 Å². The summed E-state index contributed by atoms with van der Waals surface area (Å²) in [6, 6.07) is 4.64. The van der Waals surface area contributed by atoms with E-state index in [2.05, 4.69) is 13.8 Å². The predicted octanol–water partition coefficient (Wildman–Crippen LogP) is 4.13. The molecule has 1 saturated heterocycles. The van der Waals surface area contributed by atoms with Crippen LogP contribution in [0.1, 0.15) is 44.8 Å². The summed E-state index contributed by atoms with van der Waals surface area (Å²) in [4.78, 5) is 0. The van der Waals surface area contributed by atoms with Gasteiger partial charge in [0, 0.05) is 25.9 Å². The molecule has 2 rings (SSSR count). The fraction of sp³-hybridized carbons (Fsp3) is 0.684. The average Bonchev–Trinajstić information content (AvgIpc) is 2.56. The number of ether oxygens (including phenoxy) is 4. The standard InChI is InChI=1S/C19H29FO4/c1-14(2)12-19(24-16-6-8-22-9-7-16)17-13-15(20)4-5-18(17)23-11-10-21-3/h4-5,13-14,16,19H,6-12H2,1-3H3/t19-/m0/s1. The quantitative estimate of drug-likeness (QED) is 0.633. The van der Waals surface area contributed by atoms with Gasteiger partial charge in [-0.25, -0.2) is 4.39 Å². The monoisotopic (exact) mass is 340 g/mol. The van der Waals surface area contributed by atoms with E-state index in [0.29, 0.717) is 24.9 Å². The van der Waals surface area contributed by atoms with Gasteiger partial charge < -0.3 is 18.9 Å². The molecule has 0 amide bonds. The second-order valence-corrected chi connectivity index (χ2v) is 6.59. The molecule has 1 aromatic rings. The van der Waals surface area contributed by atoms with E-state index in [9.17, 15) is 4.39 Å². The maximum absolute atomic E-state index is 13.9. The molecule has 5 heteroatoms. The molecule has 0 saturated carbocycles. The molecular formula is C19H29FO4. The van der Waals surface area contributed by atoms with Crippen molar-refractivity contribution in [1.82, 2.24) is 0 Å². The topological polar surface area (TPSA) is 36.9 Å². The van der Waals surface area contributed by atoms with Crippen LogP contribution in [0.3, 0.4) is 0 Å². The number of halogens is 1. The summed E-state index contributed by atoms with van der Waals surface area (Å²) in [6.07, 6.45) is 2.55. The van der Waals surface area contributed by atoms with Crippen molar-refractivity contribution in [3.05, 3.63) is 29.6 Å². The maximum atomic E-state index is 13.9. The lowest BCUT2D eigenvalue weighted by molar-refractivity contribution is -0.0761. The first kappa shape index (κ1) is 19.2. The molecule has 0 aliphatic carbocycles. The maximum Gasteiger partial charge on any atom is 0.125 e. The Morgan fingerprint density at radius 3 is 2.62 bits per heavy atom. The second kappa shape index (κ2) is 9.97. The van der Waals surface area contributed by atoms with Gasteiger partial charge in [0.1, 0.15) is 18.2 Å². The summed E-state index contributed by atoms with van der Waals surface area (Å²) in [5, 5.41) is 0. The predicted molar refractivity (Wildman–Crippen MR) is 90.9 cm³/mol. The zero-order valence-electron chi connectivity index (χ0n) is 14.9. The van der Waals surface area contributed by atoms with Crippen molar-refractivity contribution < 1.29 is 23.3 Å². The van der Waals surface area contributed by atoms with Gasteiger partial charge in [-0.1, -0.05) is 13.8 Å². The number of benzene rings is 1. The molecule has 0 N–H and O–H groups in total. The molecule has 0 aromatic heterocycles. The van der Waals surface area contributed by atoms with Gasteiger partial charge in [0.05, 0.1) is 18.8 Å². The van der Waals surface area contributed by atoms with Crippen molar-refractivity contribution in [3.63, 3.8) is 0 Å². The molecule has 136 valence electrons. The van der Waals surface area contributed by atoms with Gasteiger partial charge >= 0.3 is 0 Å². The van der Waals surface area contributed by atoms with Crippen molar-refractivity contribution in [2.45, 2.75) is 45.3 Å². The van der Waals surface area contributed by atoms with E-state index in [4.69, 9.17) is 18.9 Å². The van der Waals surface area contributed by atoms with Gasteiger partial charge in [0.15, 0.2) is 0 Å². The Hall–Kier alpha value is -1.17. The molecule has 0 spiro atoms. The molecule has 1 aliphatic rings. The summed E-state index contributed by atoms with van der Waals surface area (Å²) in [5.74, 6) is 0.838. The molecule has 1 aliphatic heterocycles. The van der Waals surface area contributed by atoms with E-state index in [1.807, 2.05) is 0 Å². The van der Waals surface area contributed by atoms with Crippen LogP contribution in [0.2, 0.25) is 0 Å². The van der Waals surface area contributed by atoms with Crippen LogP contribution < -0.4 is 4.74 Å². The molecule has 1 aromatic carbocycles. The van der Waals surface area contributed by atoms with Crippen LogP contribution in [-0.2, 0) is 14.2 Å². The van der Waals surface area contributed by atoms with Gasteiger partial charge in [-0.2, -0.15) is 0 Å². The zero-order valence-corrected chi connectivity index (χ0v) is 14.9. The Balaban J connectivity index is 2.17. The van der Waals surface area contributed by atoms with E-state index >= 15 is 0 Å². The van der Waals surface area contributed by atoms with Crippen LogP contribution in [-0.4, -0.2) is 39.6 Å². The molecule has 0 bridgehead atoms. The fourth-order valence-corrected chi connectivity index (χ4v) is 2.87. The molecule has 0 unspecified atom stereocenters.